The van der Waals surface area contributed by atoms with Crippen molar-refractivity contribution in [3.8, 4) is 0 Å². The minimum Gasteiger partial charge on any atom is -0.388 e. The van der Waals surface area contributed by atoms with Crippen LogP contribution in [0, 0.1) is 0 Å². The Kier molecular flexibility index (Phi) is 4.29. The second-order valence-corrected chi connectivity index (χ2v) is 4.58. The number of amides is 2. The van der Waals surface area contributed by atoms with E-state index in [1.165, 1.54) is 11.8 Å². The molecule has 0 aromatic heterocycles. The van der Waals surface area contributed by atoms with Crippen LogP contribution in [0.15, 0.2) is 0 Å². The van der Waals surface area contributed by atoms with Gasteiger partial charge in [-0.3, -0.25) is 9.59 Å². The lowest BCUT2D eigenvalue weighted by molar-refractivity contribution is -0.133. The van der Waals surface area contributed by atoms with Gasteiger partial charge < -0.3 is 15.3 Å². The van der Waals surface area contributed by atoms with Gasteiger partial charge in [0.05, 0.1) is 12.1 Å². The average Bonchev–Trinajstić information content (AvgIpc) is 2.63. The average molecular weight is 228 g/mol. The second-order valence-electron chi connectivity index (χ2n) is 4.58. The molecule has 92 valence electrons. The molecule has 0 aromatic carbocycles. The summed E-state index contributed by atoms with van der Waals surface area (Å²) in [6, 6.07) is 0. The first-order valence-electron chi connectivity index (χ1n) is 5.64. The first-order valence-corrected chi connectivity index (χ1v) is 5.64. The van der Waals surface area contributed by atoms with Gasteiger partial charge >= 0.3 is 0 Å². The summed E-state index contributed by atoms with van der Waals surface area (Å²) >= 11 is 0. The first-order chi connectivity index (χ1) is 7.43. The Morgan fingerprint density at radius 3 is 2.44 bits per heavy atom. The molecular weight excluding hydrogens is 208 g/mol. The first kappa shape index (κ1) is 13.0. The highest BCUT2D eigenvalue weighted by molar-refractivity contribution is 5.83. The van der Waals surface area contributed by atoms with Crippen LogP contribution >= 0.6 is 0 Å². The monoisotopic (exact) mass is 228 g/mol. The normalized spacial score (nSPS) is 18.2. The highest BCUT2D eigenvalue weighted by Crippen LogP contribution is 2.28. The molecule has 1 aliphatic rings. The van der Waals surface area contributed by atoms with Crippen LogP contribution in [-0.4, -0.2) is 47.6 Å². The Bertz CT molecular complexity index is 272. The number of likely N-dealkylation sites (N-methyl/N-ethyl adjacent to an activating group) is 1. The van der Waals surface area contributed by atoms with Gasteiger partial charge in [0.1, 0.15) is 0 Å². The molecule has 0 unspecified atom stereocenters. The van der Waals surface area contributed by atoms with Crippen molar-refractivity contribution in [1.29, 1.82) is 0 Å². The van der Waals surface area contributed by atoms with Crippen LogP contribution in [-0.2, 0) is 9.59 Å². The lowest BCUT2D eigenvalue weighted by Crippen LogP contribution is -2.44. The molecule has 1 fully saturated rings. The van der Waals surface area contributed by atoms with Crippen molar-refractivity contribution in [2.45, 2.75) is 38.2 Å². The Labute approximate surface area is 95.8 Å². The van der Waals surface area contributed by atoms with Crippen LogP contribution < -0.4 is 5.32 Å². The number of hydrogen-bond donors (Lipinski definition) is 2. The molecule has 0 aliphatic heterocycles. The van der Waals surface area contributed by atoms with Gasteiger partial charge in [0, 0.05) is 20.5 Å². The van der Waals surface area contributed by atoms with Gasteiger partial charge in [0.15, 0.2) is 0 Å². The van der Waals surface area contributed by atoms with Crippen molar-refractivity contribution in [1.82, 2.24) is 10.2 Å². The van der Waals surface area contributed by atoms with Crippen LogP contribution in [0.25, 0.3) is 0 Å². The summed E-state index contributed by atoms with van der Waals surface area (Å²) < 4.78 is 0. The molecule has 1 rings (SSSR count). The largest absolute Gasteiger partial charge is 0.388 e. The van der Waals surface area contributed by atoms with Crippen molar-refractivity contribution in [3.05, 3.63) is 0 Å². The maximum atomic E-state index is 11.4. The van der Waals surface area contributed by atoms with Crippen molar-refractivity contribution >= 4 is 11.8 Å². The third-order valence-corrected chi connectivity index (χ3v) is 3.07. The number of carbonyl (C=O) groups is 2. The summed E-state index contributed by atoms with van der Waals surface area (Å²) in [5.74, 6) is -0.368. The molecule has 2 amide bonds. The number of aliphatic hydroxyl groups is 1. The Balaban J connectivity index is 2.27. The molecular formula is C11H20N2O3. The Morgan fingerprint density at radius 2 is 1.94 bits per heavy atom. The molecule has 0 atom stereocenters. The summed E-state index contributed by atoms with van der Waals surface area (Å²) in [6.45, 7) is 1.75. The van der Waals surface area contributed by atoms with E-state index in [2.05, 4.69) is 5.32 Å². The van der Waals surface area contributed by atoms with Crippen molar-refractivity contribution in [2.75, 3.05) is 20.1 Å². The third kappa shape index (κ3) is 3.81. The van der Waals surface area contributed by atoms with Crippen LogP contribution in [0.2, 0.25) is 0 Å². The number of hydrogen-bond acceptors (Lipinski definition) is 3. The summed E-state index contributed by atoms with van der Waals surface area (Å²) in [5, 5.41) is 12.7. The predicted molar refractivity (Wildman–Crippen MR) is 59.7 cm³/mol. The molecule has 0 saturated heterocycles. The zero-order valence-electron chi connectivity index (χ0n) is 9.95. The predicted octanol–water partition coefficient (Wildman–Crippen LogP) is -0.114. The zero-order valence-corrected chi connectivity index (χ0v) is 9.95. The SMILES string of the molecule is CC(=O)N(C)CC(=O)NCC1(O)CCCC1. The Morgan fingerprint density at radius 1 is 1.38 bits per heavy atom. The molecule has 1 saturated carbocycles. The maximum absolute atomic E-state index is 11.4. The van der Waals surface area contributed by atoms with Crippen LogP contribution in [0.5, 0.6) is 0 Å². The lowest BCUT2D eigenvalue weighted by atomic mass is 10.0. The molecule has 5 nitrogen and oxygen atoms in total. The van der Waals surface area contributed by atoms with Crippen molar-refractivity contribution < 1.29 is 14.7 Å². The van der Waals surface area contributed by atoms with Gasteiger partial charge in [-0.1, -0.05) is 12.8 Å². The Hall–Kier alpha value is -1.10. The van der Waals surface area contributed by atoms with Gasteiger partial charge in [-0.05, 0) is 12.8 Å². The van der Waals surface area contributed by atoms with Gasteiger partial charge in [0.25, 0.3) is 0 Å². The third-order valence-electron chi connectivity index (χ3n) is 3.07. The van der Waals surface area contributed by atoms with E-state index < -0.39 is 5.60 Å². The fourth-order valence-corrected chi connectivity index (χ4v) is 1.86. The molecule has 0 aromatic rings. The highest BCUT2D eigenvalue weighted by atomic mass is 16.3. The summed E-state index contributed by atoms with van der Waals surface area (Å²) in [6.07, 6.45) is 3.52. The van der Waals surface area contributed by atoms with E-state index in [4.69, 9.17) is 0 Å². The van der Waals surface area contributed by atoms with E-state index in [0.717, 1.165) is 25.7 Å². The van der Waals surface area contributed by atoms with E-state index in [9.17, 15) is 14.7 Å². The number of carbonyl (C=O) groups excluding carboxylic acids is 2. The van der Waals surface area contributed by atoms with Crippen LogP contribution in [0.1, 0.15) is 32.6 Å². The molecule has 0 spiro atoms. The van der Waals surface area contributed by atoms with E-state index in [1.807, 2.05) is 0 Å². The van der Waals surface area contributed by atoms with Crippen molar-refractivity contribution in [3.63, 3.8) is 0 Å². The molecule has 0 radical (unpaired) electrons. The smallest absolute Gasteiger partial charge is 0.239 e. The van der Waals surface area contributed by atoms with Gasteiger partial charge in [-0.25, -0.2) is 0 Å². The number of nitrogens with one attached hydrogen (secondary N) is 1. The van der Waals surface area contributed by atoms with E-state index >= 15 is 0 Å². The minimum atomic E-state index is -0.732. The van der Waals surface area contributed by atoms with Gasteiger partial charge in [-0.15, -0.1) is 0 Å². The highest BCUT2D eigenvalue weighted by Gasteiger charge is 2.31. The molecule has 16 heavy (non-hydrogen) atoms. The topological polar surface area (TPSA) is 69.6 Å². The van der Waals surface area contributed by atoms with Gasteiger partial charge in [-0.2, -0.15) is 0 Å². The molecule has 2 N–H and O–H groups in total. The molecule has 0 bridgehead atoms. The minimum absolute atomic E-state index is 0.0470. The number of nitrogens with zero attached hydrogens (tertiary/aromatic N) is 1. The van der Waals surface area contributed by atoms with Gasteiger partial charge in [0.2, 0.25) is 11.8 Å². The van der Waals surface area contributed by atoms with Crippen LogP contribution in [0.4, 0.5) is 0 Å². The standard InChI is InChI=1S/C11H20N2O3/c1-9(14)13(2)7-10(15)12-8-11(16)5-3-4-6-11/h16H,3-8H2,1-2H3,(H,12,15). The summed E-state index contributed by atoms with van der Waals surface area (Å²) in [7, 11) is 1.58. The fraction of sp³-hybridized carbons (Fsp3) is 0.818. The number of rotatable bonds is 4. The molecule has 0 heterocycles. The van der Waals surface area contributed by atoms with E-state index in [0.29, 0.717) is 0 Å². The summed E-state index contributed by atoms with van der Waals surface area (Å²) in [4.78, 5) is 23.7. The van der Waals surface area contributed by atoms with Crippen molar-refractivity contribution in [2.24, 2.45) is 0 Å². The quantitative estimate of drug-likeness (QED) is 0.705. The van der Waals surface area contributed by atoms with E-state index in [-0.39, 0.29) is 24.9 Å². The zero-order chi connectivity index (χ0) is 12.2. The summed E-state index contributed by atoms with van der Waals surface area (Å²) in [5.41, 5.74) is -0.732. The second kappa shape index (κ2) is 5.30. The van der Waals surface area contributed by atoms with Crippen LogP contribution in [0.3, 0.4) is 0 Å². The molecule has 5 heteroatoms. The molecule has 1 aliphatic carbocycles. The fourth-order valence-electron chi connectivity index (χ4n) is 1.86. The van der Waals surface area contributed by atoms with E-state index in [1.54, 1.807) is 7.05 Å². The maximum Gasteiger partial charge on any atom is 0.239 e. The lowest BCUT2D eigenvalue weighted by Gasteiger charge is -2.23.